The number of carbonyl (C=O) groups is 1. The highest BCUT2D eigenvalue weighted by molar-refractivity contribution is 5.88. The minimum atomic E-state index is 0.0702. The number of hydrogen-bond acceptors (Lipinski definition) is 2. The zero-order chi connectivity index (χ0) is 24.6. The molecule has 0 bridgehead atoms. The van der Waals surface area contributed by atoms with Crippen LogP contribution in [0.4, 0.5) is 0 Å². The molecule has 35 heavy (non-hydrogen) atoms. The molecule has 184 valence electrons. The van der Waals surface area contributed by atoms with Crippen molar-refractivity contribution >= 4 is 5.78 Å². The Hall–Kier alpha value is -2.71. The molecule has 1 saturated carbocycles. The van der Waals surface area contributed by atoms with E-state index in [1.54, 1.807) is 0 Å². The van der Waals surface area contributed by atoms with Gasteiger partial charge in [-0.3, -0.25) is 4.79 Å². The van der Waals surface area contributed by atoms with Crippen LogP contribution in [0.2, 0.25) is 0 Å². The number of benzene rings is 2. The van der Waals surface area contributed by atoms with Gasteiger partial charge in [-0.15, -0.1) is 0 Å². The van der Waals surface area contributed by atoms with Crippen LogP contribution in [0.15, 0.2) is 84.5 Å². The predicted molar refractivity (Wildman–Crippen MR) is 148 cm³/mol. The lowest BCUT2D eigenvalue weighted by atomic mass is 9.84. The Kier molecular flexibility index (Phi) is 8.93. The predicted octanol–water partition coefficient (Wildman–Crippen LogP) is 8.16. The minimum Gasteiger partial charge on any atom is -0.316 e. The second-order valence-corrected chi connectivity index (χ2v) is 10.4. The van der Waals surface area contributed by atoms with Crippen molar-refractivity contribution in [2.24, 2.45) is 11.8 Å². The third kappa shape index (κ3) is 6.49. The number of rotatable bonds is 12. The van der Waals surface area contributed by atoms with Crippen LogP contribution in [-0.4, -0.2) is 12.8 Å². The number of carbonyl (C=O) groups excluding carboxylic acids is 1. The van der Waals surface area contributed by atoms with Crippen molar-refractivity contribution < 1.29 is 4.79 Å². The van der Waals surface area contributed by atoms with Crippen molar-refractivity contribution in [3.63, 3.8) is 0 Å². The van der Waals surface area contributed by atoms with Crippen LogP contribution in [0, 0.1) is 11.8 Å². The molecule has 2 aromatic carbocycles. The highest BCUT2D eigenvalue weighted by Crippen LogP contribution is 2.39. The topological polar surface area (TPSA) is 29.1 Å². The van der Waals surface area contributed by atoms with Gasteiger partial charge in [0.25, 0.3) is 0 Å². The van der Waals surface area contributed by atoms with E-state index in [0.29, 0.717) is 17.6 Å². The van der Waals surface area contributed by atoms with Crippen LogP contribution in [0.3, 0.4) is 0 Å². The Morgan fingerprint density at radius 2 is 1.94 bits per heavy atom. The lowest BCUT2D eigenvalue weighted by molar-refractivity contribution is -0.118. The van der Waals surface area contributed by atoms with Gasteiger partial charge in [-0.05, 0) is 90.5 Å². The maximum Gasteiger partial charge on any atom is 0.140 e. The van der Waals surface area contributed by atoms with Crippen molar-refractivity contribution in [3.8, 4) is 11.1 Å². The number of ketones is 1. The zero-order valence-electron chi connectivity index (χ0n) is 21.6. The normalized spacial score (nSPS) is 20.3. The van der Waals surface area contributed by atoms with Crippen molar-refractivity contribution in [1.82, 2.24) is 5.32 Å². The number of hydrogen-bond donors (Lipinski definition) is 1. The van der Waals surface area contributed by atoms with Crippen molar-refractivity contribution in [1.29, 1.82) is 0 Å². The molecule has 2 heteroatoms. The fourth-order valence-electron chi connectivity index (χ4n) is 5.93. The standard InChI is InChI=1S/C33H41NO/c1-4-9-27(24(2)28-12-5-6-13-28)14-7-10-25-21-32(33(35)22-25)30-18-16-29(17-19-30)31-15-8-11-26(20-31)23-34-3/h5-6,8,11-12,15-20,25,27,32,34H,2,4,7,9-10,13-14,21-23H2,1,3H3. The zero-order valence-corrected chi connectivity index (χ0v) is 21.6. The van der Waals surface area contributed by atoms with E-state index < -0.39 is 0 Å². The summed E-state index contributed by atoms with van der Waals surface area (Å²) in [6.07, 6.45) is 15.4. The van der Waals surface area contributed by atoms with E-state index in [0.717, 1.165) is 32.2 Å². The van der Waals surface area contributed by atoms with Gasteiger partial charge in [0.05, 0.1) is 0 Å². The second kappa shape index (κ2) is 12.3. The molecule has 0 heterocycles. The molecular weight excluding hydrogens is 426 g/mol. The Balaban J connectivity index is 1.31. The summed E-state index contributed by atoms with van der Waals surface area (Å²) in [5.41, 5.74) is 7.66. The molecule has 0 saturated heterocycles. The van der Waals surface area contributed by atoms with E-state index in [1.165, 1.54) is 59.1 Å². The van der Waals surface area contributed by atoms with E-state index in [-0.39, 0.29) is 5.92 Å². The Morgan fingerprint density at radius 3 is 2.66 bits per heavy atom. The van der Waals surface area contributed by atoms with E-state index in [9.17, 15) is 4.79 Å². The summed E-state index contributed by atoms with van der Waals surface area (Å²) in [4.78, 5) is 12.9. The van der Waals surface area contributed by atoms with Crippen LogP contribution in [0.5, 0.6) is 0 Å². The highest BCUT2D eigenvalue weighted by atomic mass is 16.1. The van der Waals surface area contributed by atoms with E-state index in [4.69, 9.17) is 0 Å². The molecule has 0 amide bonds. The maximum atomic E-state index is 12.9. The van der Waals surface area contributed by atoms with Crippen LogP contribution in [0.1, 0.15) is 75.3 Å². The summed E-state index contributed by atoms with van der Waals surface area (Å²) in [7, 11) is 1.97. The van der Waals surface area contributed by atoms with Gasteiger partial charge in [0.2, 0.25) is 0 Å². The molecule has 3 unspecified atom stereocenters. The lowest BCUT2D eigenvalue weighted by Gasteiger charge is -2.21. The van der Waals surface area contributed by atoms with E-state index in [1.807, 2.05) is 7.05 Å². The smallest absolute Gasteiger partial charge is 0.140 e. The number of allylic oxidation sites excluding steroid dienone is 5. The van der Waals surface area contributed by atoms with Gasteiger partial charge in [-0.25, -0.2) is 0 Å². The molecule has 2 aliphatic rings. The fourth-order valence-corrected chi connectivity index (χ4v) is 5.93. The summed E-state index contributed by atoms with van der Waals surface area (Å²) >= 11 is 0. The first-order valence-electron chi connectivity index (χ1n) is 13.5. The van der Waals surface area contributed by atoms with Crippen LogP contribution >= 0.6 is 0 Å². The maximum absolute atomic E-state index is 12.9. The van der Waals surface area contributed by atoms with Gasteiger partial charge in [-0.2, -0.15) is 0 Å². The third-order valence-corrected chi connectivity index (χ3v) is 7.88. The molecule has 0 radical (unpaired) electrons. The molecule has 1 N–H and O–H groups in total. The van der Waals surface area contributed by atoms with Gasteiger partial charge in [0.15, 0.2) is 0 Å². The molecule has 2 aliphatic carbocycles. The first-order chi connectivity index (χ1) is 17.1. The van der Waals surface area contributed by atoms with Crippen LogP contribution < -0.4 is 5.32 Å². The van der Waals surface area contributed by atoms with Crippen LogP contribution in [-0.2, 0) is 11.3 Å². The van der Waals surface area contributed by atoms with E-state index >= 15 is 0 Å². The average molecular weight is 468 g/mol. The largest absolute Gasteiger partial charge is 0.316 e. The molecule has 1 fully saturated rings. The lowest BCUT2D eigenvalue weighted by Crippen LogP contribution is -2.06. The molecule has 4 rings (SSSR count). The van der Waals surface area contributed by atoms with Crippen LogP contribution in [0.25, 0.3) is 11.1 Å². The van der Waals surface area contributed by atoms with Crippen molar-refractivity contribution in [3.05, 3.63) is 95.6 Å². The van der Waals surface area contributed by atoms with Gasteiger partial charge in [0, 0.05) is 18.9 Å². The van der Waals surface area contributed by atoms with Crippen molar-refractivity contribution in [2.45, 2.75) is 70.8 Å². The number of nitrogens with one attached hydrogen (secondary N) is 1. The Labute approximate surface area is 212 Å². The molecule has 2 aromatic rings. The van der Waals surface area contributed by atoms with E-state index in [2.05, 4.69) is 85.6 Å². The minimum absolute atomic E-state index is 0.0702. The molecular formula is C33H41NO. The average Bonchev–Trinajstić information content (AvgIpc) is 3.54. The first kappa shape index (κ1) is 25.4. The summed E-state index contributed by atoms with van der Waals surface area (Å²) in [6, 6.07) is 17.4. The van der Waals surface area contributed by atoms with Gasteiger partial charge in [-0.1, -0.05) is 87.0 Å². The fraction of sp³-hybridized carbons (Fsp3) is 0.424. The SMILES string of the molecule is C=C(C1=CC=CC1)C(CCC)CCCC1CC(=O)C(c2ccc(-c3cccc(CNC)c3)cc2)C1. The highest BCUT2D eigenvalue weighted by Gasteiger charge is 2.33. The first-order valence-corrected chi connectivity index (χ1v) is 13.5. The summed E-state index contributed by atoms with van der Waals surface area (Å²) in [5.74, 6) is 1.60. The summed E-state index contributed by atoms with van der Waals surface area (Å²) in [5, 5.41) is 3.22. The van der Waals surface area contributed by atoms with Gasteiger partial charge < -0.3 is 5.32 Å². The second-order valence-electron chi connectivity index (χ2n) is 10.4. The molecule has 0 spiro atoms. The third-order valence-electron chi connectivity index (χ3n) is 7.88. The Bertz CT molecular complexity index is 1070. The van der Waals surface area contributed by atoms with Gasteiger partial charge in [0.1, 0.15) is 5.78 Å². The monoisotopic (exact) mass is 467 g/mol. The quantitative estimate of drug-likeness (QED) is 0.341. The van der Waals surface area contributed by atoms with Crippen molar-refractivity contribution in [2.75, 3.05) is 7.05 Å². The molecule has 0 aliphatic heterocycles. The molecule has 0 aromatic heterocycles. The molecule has 3 atom stereocenters. The summed E-state index contributed by atoms with van der Waals surface area (Å²) in [6.45, 7) is 7.58. The summed E-state index contributed by atoms with van der Waals surface area (Å²) < 4.78 is 0. The number of Topliss-reactive ketones (excluding diaryl/α,β-unsaturated/α-hetero) is 1. The molecule has 2 nitrogen and oxygen atoms in total. The van der Waals surface area contributed by atoms with Gasteiger partial charge >= 0.3 is 0 Å². The Morgan fingerprint density at radius 1 is 1.11 bits per heavy atom.